The maximum atomic E-state index is 11.8. The molecule has 0 fully saturated rings. The Morgan fingerprint density at radius 3 is 2.79 bits per heavy atom. The maximum absolute atomic E-state index is 11.8. The molecule has 0 saturated carbocycles. The van der Waals surface area contributed by atoms with Crippen molar-refractivity contribution >= 4 is 60.3 Å². The van der Waals surface area contributed by atoms with Crippen LogP contribution in [0.2, 0.25) is 0 Å². The predicted molar refractivity (Wildman–Crippen MR) is 110 cm³/mol. The summed E-state index contributed by atoms with van der Waals surface area (Å²) in [6.45, 7) is 0.0242. The molecule has 9 nitrogen and oxygen atoms in total. The van der Waals surface area contributed by atoms with Crippen LogP contribution >= 0.6 is 31.9 Å². The van der Waals surface area contributed by atoms with E-state index in [2.05, 4.69) is 47.3 Å². The van der Waals surface area contributed by atoms with Gasteiger partial charge in [-0.2, -0.15) is 10.4 Å². The first-order chi connectivity index (χ1) is 14.0. The molecule has 0 radical (unpaired) electrons. The molecular formula is C18H11Br2N5O4. The Hall–Kier alpha value is -2.94. The van der Waals surface area contributed by atoms with E-state index in [1.54, 1.807) is 36.4 Å². The number of aromatic nitrogens is 1. The van der Waals surface area contributed by atoms with E-state index in [-0.39, 0.29) is 19.2 Å². The summed E-state index contributed by atoms with van der Waals surface area (Å²) in [7, 11) is 0. The summed E-state index contributed by atoms with van der Waals surface area (Å²) in [5.74, 6) is 0.500. The Bertz CT molecular complexity index is 1150. The number of hydrogen-bond acceptors (Lipinski definition) is 8. The molecule has 0 spiro atoms. The molecule has 0 bridgehead atoms. The largest absolute Gasteiger partial charge is 0.455 e. The molecule has 3 aromatic rings. The van der Waals surface area contributed by atoms with E-state index in [4.69, 9.17) is 19.2 Å². The normalized spacial score (nSPS) is 16.4. The molecule has 1 aliphatic heterocycles. The number of halogens is 2. The van der Waals surface area contributed by atoms with Gasteiger partial charge in [-0.25, -0.2) is 9.99 Å². The first-order valence-corrected chi connectivity index (χ1v) is 9.76. The fourth-order valence-electron chi connectivity index (χ4n) is 2.54. The molecule has 146 valence electrons. The van der Waals surface area contributed by atoms with Gasteiger partial charge in [0.1, 0.15) is 30.8 Å². The van der Waals surface area contributed by atoms with E-state index in [1.165, 1.54) is 11.4 Å². The van der Waals surface area contributed by atoms with Crippen LogP contribution in [0.5, 0.6) is 11.5 Å². The van der Waals surface area contributed by atoms with Gasteiger partial charge in [-0.05, 0) is 56.1 Å². The highest BCUT2D eigenvalue weighted by Crippen LogP contribution is 2.40. The molecule has 1 aromatic heterocycles. The van der Waals surface area contributed by atoms with Gasteiger partial charge >= 0.3 is 0 Å². The van der Waals surface area contributed by atoms with Crippen LogP contribution in [-0.2, 0) is 9.53 Å². The van der Waals surface area contributed by atoms with Crippen molar-refractivity contribution in [1.82, 2.24) is 10.3 Å². The van der Waals surface area contributed by atoms with Crippen molar-refractivity contribution in [2.75, 3.05) is 18.5 Å². The van der Waals surface area contributed by atoms with Crippen LogP contribution in [0.1, 0.15) is 0 Å². The summed E-state index contributed by atoms with van der Waals surface area (Å²) >= 11 is 6.98. The van der Waals surface area contributed by atoms with Gasteiger partial charge in [-0.3, -0.25) is 4.79 Å². The topological polar surface area (TPSA) is 113 Å². The van der Waals surface area contributed by atoms with E-state index in [1.807, 2.05) is 0 Å². The van der Waals surface area contributed by atoms with Crippen LogP contribution in [0, 0.1) is 11.3 Å². The van der Waals surface area contributed by atoms with Crippen molar-refractivity contribution in [1.29, 1.82) is 5.26 Å². The van der Waals surface area contributed by atoms with Crippen molar-refractivity contribution in [2.45, 2.75) is 0 Å². The number of nitrogens with one attached hydrogen (secondary N) is 1. The summed E-state index contributed by atoms with van der Waals surface area (Å²) in [6, 6.07) is 10.6. The van der Waals surface area contributed by atoms with Gasteiger partial charge in [-0.1, -0.05) is 0 Å². The Balaban J connectivity index is 1.65. The number of amides is 1. The van der Waals surface area contributed by atoms with E-state index < -0.39 is 5.91 Å². The molecule has 0 atom stereocenters. The lowest BCUT2D eigenvalue weighted by Crippen LogP contribution is -2.38. The lowest BCUT2D eigenvalue weighted by atomic mass is 10.3. The minimum Gasteiger partial charge on any atom is -0.455 e. The number of hydrogen-bond donors (Lipinski definition) is 1. The van der Waals surface area contributed by atoms with Gasteiger partial charge in [0.2, 0.25) is 5.71 Å². The smallest absolute Gasteiger partial charge is 0.284 e. The van der Waals surface area contributed by atoms with Gasteiger partial charge in [0, 0.05) is 6.07 Å². The monoisotopic (exact) mass is 519 g/mol. The van der Waals surface area contributed by atoms with Crippen molar-refractivity contribution in [3.05, 3.63) is 45.7 Å². The molecule has 4 rings (SSSR count). The third kappa shape index (κ3) is 4.09. The summed E-state index contributed by atoms with van der Waals surface area (Å²) in [5.41, 5.74) is 1.67. The highest BCUT2D eigenvalue weighted by molar-refractivity contribution is 9.11. The zero-order valence-electron chi connectivity index (χ0n) is 14.6. The Labute approximate surface area is 181 Å². The zero-order valence-corrected chi connectivity index (χ0v) is 17.7. The van der Waals surface area contributed by atoms with E-state index in [0.29, 0.717) is 31.7 Å². The standard InChI is InChI=1S/C18H11Br2N5O4/c19-12-3-10(25-9-27-7-23-18(26)15(6-21)24-25)4-13(20)17(12)29-11-1-2-14-16(5-11)28-8-22-14/h1-5,8H,7,9H2,(H,23,26)/b24-15-. The number of carbonyl (C=O) groups excluding carboxylic acids is 1. The highest BCUT2D eigenvalue weighted by Gasteiger charge is 2.19. The Kier molecular flexibility index (Phi) is 5.48. The van der Waals surface area contributed by atoms with E-state index in [0.717, 1.165) is 5.52 Å². The number of ether oxygens (including phenoxy) is 2. The SMILES string of the molecule is N#C/C1=N/N(c2cc(Br)c(Oc3ccc4ncoc4c3)c(Br)c2)COCNC1=O. The number of carbonyl (C=O) groups is 1. The van der Waals surface area contributed by atoms with Crippen LogP contribution in [0.25, 0.3) is 11.1 Å². The minimum atomic E-state index is -0.599. The average molecular weight is 521 g/mol. The number of fused-ring (bicyclic) bond motifs is 1. The Morgan fingerprint density at radius 1 is 1.24 bits per heavy atom. The number of nitriles is 1. The van der Waals surface area contributed by atoms with Crippen LogP contribution in [-0.4, -0.2) is 30.1 Å². The van der Waals surface area contributed by atoms with Crippen LogP contribution in [0.4, 0.5) is 5.69 Å². The number of benzene rings is 2. The summed E-state index contributed by atoms with van der Waals surface area (Å²) in [4.78, 5) is 15.9. The molecule has 0 aliphatic carbocycles. The van der Waals surface area contributed by atoms with Crippen LogP contribution in [0.15, 0.2) is 55.2 Å². The Morgan fingerprint density at radius 2 is 2.03 bits per heavy atom. The molecule has 1 N–H and O–H groups in total. The van der Waals surface area contributed by atoms with Crippen LogP contribution in [0.3, 0.4) is 0 Å². The fourth-order valence-corrected chi connectivity index (χ4v) is 3.87. The third-order valence-corrected chi connectivity index (χ3v) is 5.07. The maximum Gasteiger partial charge on any atom is 0.284 e. The average Bonchev–Trinajstić information content (AvgIpc) is 3.16. The van der Waals surface area contributed by atoms with Crippen molar-refractivity contribution < 1.29 is 18.7 Å². The molecule has 11 heteroatoms. The number of rotatable bonds is 3. The third-order valence-electron chi connectivity index (χ3n) is 3.89. The molecular weight excluding hydrogens is 510 g/mol. The van der Waals surface area contributed by atoms with Crippen molar-refractivity contribution in [3.8, 4) is 17.6 Å². The first kappa shape index (κ1) is 19.4. The lowest BCUT2D eigenvalue weighted by Gasteiger charge is -2.23. The minimum absolute atomic E-state index is 0.0241. The molecule has 0 saturated heterocycles. The molecule has 1 aliphatic rings. The first-order valence-electron chi connectivity index (χ1n) is 8.17. The quantitative estimate of drug-likeness (QED) is 0.557. The van der Waals surface area contributed by atoms with Gasteiger partial charge in [0.05, 0.1) is 14.6 Å². The molecule has 0 unspecified atom stereocenters. The van der Waals surface area contributed by atoms with E-state index >= 15 is 0 Å². The lowest BCUT2D eigenvalue weighted by molar-refractivity contribution is -0.116. The van der Waals surface area contributed by atoms with Crippen molar-refractivity contribution in [3.63, 3.8) is 0 Å². The molecule has 2 aromatic carbocycles. The van der Waals surface area contributed by atoms with E-state index in [9.17, 15) is 4.79 Å². The van der Waals surface area contributed by atoms with Gasteiger partial charge in [0.25, 0.3) is 5.91 Å². The summed E-state index contributed by atoms with van der Waals surface area (Å²) in [5, 5.41) is 17.1. The molecule has 29 heavy (non-hydrogen) atoms. The summed E-state index contributed by atoms with van der Waals surface area (Å²) in [6.07, 6.45) is 1.37. The van der Waals surface area contributed by atoms with Crippen molar-refractivity contribution in [2.24, 2.45) is 5.10 Å². The highest BCUT2D eigenvalue weighted by atomic mass is 79.9. The van der Waals surface area contributed by atoms with Crippen LogP contribution < -0.4 is 15.1 Å². The predicted octanol–water partition coefficient (Wildman–Crippen LogP) is 3.89. The second kappa shape index (κ2) is 8.20. The second-order valence-electron chi connectivity index (χ2n) is 5.77. The number of anilines is 1. The zero-order chi connectivity index (χ0) is 20.4. The number of nitrogens with zero attached hydrogens (tertiary/aromatic N) is 4. The van der Waals surface area contributed by atoms with Gasteiger partial charge < -0.3 is 19.2 Å². The van der Waals surface area contributed by atoms with Gasteiger partial charge in [0.15, 0.2) is 17.7 Å². The molecule has 1 amide bonds. The fraction of sp³-hybridized carbons (Fsp3) is 0.111. The van der Waals surface area contributed by atoms with Gasteiger partial charge in [-0.15, -0.1) is 0 Å². The number of oxazole rings is 1. The number of hydrazone groups is 1. The summed E-state index contributed by atoms with van der Waals surface area (Å²) < 4.78 is 17.9. The molecule has 2 heterocycles. The second-order valence-corrected chi connectivity index (χ2v) is 7.47.